The molecule has 0 radical (unpaired) electrons. The Morgan fingerprint density at radius 3 is 3.00 bits per heavy atom. The second-order valence-electron chi connectivity index (χ2n) is 4.27. The molecule has 0 aliphatic carbocycles. The number of aryl methyl sites for hydroxylation is 1. The van der Waals surface area contributed by atoms with Gasteiger partial charge in [-0.3, -0.25) is 0 Å². The lowest BCUT2D eigenvalue weighted by Crippen LogP contribution is -1.98. The zero-order valence-electron chi connectivity index (χ0n) is 10.4. The predicted octanol–water partition coefficient (Wildman–Crippen LogP) is 3.55. The molecular weight excluding hydrogens is 262 g/mol. The molecule has 0 aliphatic rings. The summed E-state index contributed by atoms with van der Waals surface area (Å²) < 4.78 is 7.65. The van der Waals surface area contributed by atoms with E-state index in [1.54, 1.807) is 12.5 Å². The van der Waals surface area contributed by atoms with E-state index in [1.165, 1.54) is 0 Å². The lowest BCUT2D eigenvalue weighted by atomic mass is 10.2. The number of nitrogens with zero attached hydrogens (tertiary/aromatic N) is 3. The Morgan fingerprint density at radius 1 is 1.37 bits per heavy atom. The van der Waals surface area contributed by atoms with Gasteiger partial charge in [0.2, 0.25) is 5.89 Å². The molecule has 5 heteroatoms. The largest absolute Gasteiger partial charge is 0.441 e. The first-order chi connectivity index (χ1) is 9.22. The van der Waals surface area contributed by atoms with Gasteiger partial charge in [-0.15, -0.1) is 0 Å². The first kappa shape index (κ1) is 12.0. The monoisotopic (exact) mass is 273 g/mol. The summed E-state index contributed by atoms with van der Waals surface area (Å²) in [7, 11) is 0. The Balaban J connectivity index is 1.93. The van der Waals surface area contributed by atoms with Gasteiger partial charge in [-0.1, -0.05) is 17.7 Å². The van der Waals surface area contributed by atoms with Crippen LogP contribution in [0.25, 0.3) is 11.5 Å². The molecule has 2 heterocycles. The van der Waals surface area contributed by atoms with E-state index in [0.717, 1.165) is 17.0 Å². The maximum atomic E-state index is 5.97. The summed E-state index contributed by atoms with van der Waals surface area (Å²) in [5.41, 5.74) is 1.78. The van der Waals surface area contributed by atoms with Crippen LogP contribution in [0.5, 0.6) is 0 Å². The van der Waals surface area contributed by atoms with Crippen molar-refractivity contribution in [2.24, 2.45) is 0 Å². The Kier molecular flexibility index (Phi) is 3.09. The van der Waals surface area contributed by atoms with Crippen LogP contribution in [0.3, 0.4) is 0 Å². The van der Waals surface area contributed by atoms with Crippen molar-refractivity contribution < 1.29 is 4.42 Å². The van der Waals surface area contributed by atoms with Crippen molar-refractivity contribution in [2.75, 3.05) is 0 Å². The molecule has 0 fully saturated rings. The number of hydrogen-bond donors (Lipinski definition) is 0. The first-order valence-electron chi connectivity index (χ1n) is 5.90. The Labute approximate surface area is 115 Å². The van der Waals surface area contributed by atoms with Crippen molar-refractivity contribution in [3.05, 3.63) is 59.5 Å². The highest BCUT2D eigenvalue weighted by atomic mass is 35.5. The fourth-order valence-corrected chi connectivity index (χ4v) is 2.06. The molecule has 0 saturated carbocycles. The van der Waals surface area contributed by atoms with Crippen LogP contribution in [-0.2, 0) is 6.54 Å². The van der Waals surface area contributed by atoms with E-state index in [1.807, 2.05) is 42.0 Å². The summed E-state index contributed by atoms with van der Waals surface area (Å²) in [6, 6.07) is 7.48. The van der Waals surface area contributed by atoms with E-state index >= 15 is 0 Å². The second-order valence-corrected chi connectivity index (χ2v) is 4.70. The summed E-state index contributed by atoms with van der Waals surface area (Å²) in [4.78, 5) is 8.53. The van der Waals surface area contributed by atoms with Crippen molar-refractivity contribution in [1.82, 2.24) is 14.5 Å². The molecule has 0 bridgehead atoms. The maximum Gasteiger partial charge on any atom is 0.226 e. The third-order valence-corrected chi connectivity index (χ3v) is 3.09. The Morgan fingerprint density at radius 2 is 2.26 bits per heavy atom. The first-order valence-corrected chi connectivity index (χ1v) is 6.28. The van der Waals surface area contributed by atoms with Crippen molar-refractivity contribution in [3.63, 3.8) is 0 Å². The van der Waals surface area contributed by atoms with Gasteiger partial charge in [-0.2, -0.15) is 0 Å². The van der Waals surface area contributed by atoms with E-state index < -0.39 is 0 Å². The highest BCUT2D eigenvalue weighted by Gasteiger charge is 2.11. The fourth-order valence-electron chi connectivity index (χ4n) is 1.87. The predicted molar refractivity (Wildman–Crippen MR) is 73.0 cm³/mol. The molecule has 0 aliphatic heterocycles. The molecule has 4 nitrogen and oxygen atoms in total. The Bertz CT molecular complexity index is 689. The molecule has 0 unspecified atom stereocenters. The molecule has 96 valence electrons. The number of aromatic nitrogens is 3. The minimum Gasteiger partial charge on any atom is -0.441 e. The number of oxazole rings is 1. The maximum absolute atomic E-state index is 5.97. The normalized spacial score (nSPS) is 10.8. The molecule has 0 atom stereocenters. The van der Waals surface area contributed by atoms with Gasteiger partial charge in [0.1, 0.15) is 11.5 Å². The van der Waals surface area contributed by atoms with Gasteiger partial charge in [0, 0.05) is 23.0 Å². The molecule has 0 saturated heterocycles. The van der Waals surface area contributed by atoms with Crippen LogP contribution >= 0.6 is 11.6 Å². The standard InChI is InChI=1S/C14H12ClN3O/c1-10-13(8-18-6-5-16-9-18)17-14(19-10)11-3-2-4-12(15)7-11/h2-7,9H,8H2,1H3. The minimum atomic E-state index is 0.593. The molecule has 3 aromatic rings. The van der Waals surface area contributed by atoms with Crippen LogP contribution in [0.4, 0.5) is 0 Å². The fraction of sp³-hybridized carbons (Fsp3) is 0.143. The van der Waals surface area contributed by atoms with E-state index in [2.05, 4.69) is 9.97 Å². The average molecular weight is 274 g/mol. The summed E-state index contributed by atoms with van der Waals surface area (Å²) >= 11 is 5.97. The van der Waals surface area contributed by atoms with E-state index in [0.29, 0.717) is 17.5 Å². The number of hydrogen-bond acceptors (Lipinski definition) is 3. The van der Waals surface area contributed by atoms with Crippen LogP contribution in [0.2, 0.25) is 5.02 Å². The molecule has 0 amide bonds. The average Bonchev–Trinajstić information content (AvgIpc) is 3.01. The molecular formula is C14H12ClN3O. The third-order valence-electron chi connectivity index (χ3n) is 2.86. The summed E-state index contributed by atoms with van der Waals surface area (Å²) in [5, 5.41) is 0.671. The highest BCUT2D eigenvalue weighted by Crippen LogP contribution is 2.24. The minimum absolute atomic E-state index is 0.593. The summed E-state index contributed by atoms with van der Waals surface area (Å²) in [6.07, 6.45) is 5.40. The smallest absolute Gasteiger partial charge is 0.226 e. The van der Waals surface area contributed by atoms with Crippen LogP contribution in [0, 0.1) is 6.92 Å². The lowest BCUT2D eigenvalue weighted by Gasteiger charge is -1.97. The second kappa shape index (κ2) is 4.90. The molecule has 3 rings (SSSR count). The number of halogens is 1. The number of imidazole rings is 1. The summed E-state index contributed by atoms with van der Waals surface area (Å²) in [5.74, 6) is 1.40. The van der Waals surface area contributed by atoms with Crippen molar-refractivity contribution in [2.45, 2.75) is 13.5 Å². The number of benzene rings is 1. The lowest BCUT2D eigenvalue weighted by molar-refractivity contribution is 0.538. The molecule has 19 heavy (non-hydrogen) atoms. The van der Waals surface area contributed by atoms with Crippen LogP contribution in [-0.4, -0.2) is 14.5 Å². The van der Waals surface area contributed by atoms with Crippen LogP contribution in [0.1, 0.15) is 11.5 Å². The van der Waals surface area contributed by atoms with E-state index in [9.17, 15) is 0 Å². The highest BCUT2D eigenvalue weighted by molar-refractivity contribution is 6.30. The third kappa shape index (κ3) is 2.53. The zero-order chi connectivity index (χ0) is 13.2. The van der Waals surface area contributed by atoms with Gasteiger partial charge < -0.3 is 8.98 Å². The molecule has 1 aromatic carbocycles. The SMILES string of the molecule is Cc1oc(-c2cccc(Cl)c2)nc1Cn1ccnc1. The Hall–Kier alpha value is -2.07. The van der Waals surface area contributed by atoms with Crippen molar-refractivity contribution >= 4 is 11.6 Å². The molecule has 0 spiro atoms. The van der Waals surface area contributed by atoms with Crippen LogP contribution in [0.15, 0.2) is 47.4 Å². The molecule has 0 N–H and O–H groups in total. The van der Waals surface area contributed by atoms with E-state index in [-0.39, 0.29) is 0 Å². The van der Waals surface area contributed by atoms with Gasteiger partial charge in [-0.05, 0) is 25.1 Å². The quantitative estimate of drug-likeness (QED) is 0.733. The van der Waals surface area contributed by atoms with Gasteiger partial charge in [0.05, 0.1) is 12.9 Å². The van der Waals surface area contributed by atoms with Gasteiger partial charge in [0.25, 0.3) is 0 Å². The molecule has 2 aromatic heterocycles. The summed E-state index contributed by atoms with van der Waals surface area (Å²) in [6.45, 7) is 2.56. The van der Waals surface area contributed by atoms with Crippen molar-refractivity contribution in [1.29, 1.82) is 0 Å². The van der Waals surface area contributed by atoms with Crippen molar-refractivity contribution in [3.8, 4) is 11.5 Å². The zero-order valence-corrected chi connectivity index (χ0v) is 11.1. The number of rotatable bonds is 3. The van der Waals surface area contributed by atoms with E-state index in [4.69, 9.17) is 16.0 Å². The van der Waals surface area contributed by atoms with Crippen LogP contribution < -0.4 is 0 Å². The van der Waals surface area contributed by atoms with Gasteiger partial charge in [-0.25, -0.2) is 9.97 Å². The topological polar surface area (TPSA) is 43.9 Å². The van der Waals surface area contributed by atoms with Gasteiger partial charge >= 0.3 is 0 Å². The van der Waals surface area contributed by atoms with Gasteiger partial charge in [0.15, 0.2) is 0 Å².